The van der Waals surface area contributed by atoms with Crippen LogP contribution in [0.25, 0.3) is 5.57 Å². The summed E-state index contributed by atoms with van der Waals surface area (Å²) in [7, 11) is 1.80. The summed E-state index contributed by atoms with van der Waals surface area (Å²) in [5.41, 5.74) is 0.810. The summed E-state index contributed by atoms with van der Waals surface area (Å²) in [5.74, 6) is 0.719. The number of esters is 1. The van der Waals surface area contributed by atoms with E-state index in [-0.39, 0.29) is 36.3 Å². The quantitative estimate of drug-likeness (QED) is 0.223. The van der Waals surface area contributed by atoms with Crippen LogP contribution in [0.4, 0.5) is 10.1 Å². The Morgan fingerprint density at radius 1 is 1.31 bits per heavy atom. The molecule has 2 aliphatic rings. The molecule has 3 heterocycles. The molecule has 0 fully saturated rings. The normalized spacial score (nSPS) is 19.1. The first-order valence-corrected chi connectivity index (χ1v) is 12.7. The number of ether oxygens (including phenoxy) is 2. The first kappa shape index (κ1) is 26.3. The standard InChI is InChI=1S/C26H26FIN2O6/c1-4-26(34)20-6-8-30(24(32)19(20)14-36-25(26)33)12-21-22(28)18(13-31)17-11-16(27)10-15(7-9-35-5-2)23(17)29(21)3/h6,8,10-11,34H,4-5,7,9,12,14H2,1-3H3/t26-/m0/s1. The Labute approximate surface area is 221 Å². The average molecular weight is 608 g/mol. The highest BCUT2D eigenvalue weighted by Crippen LogP contribution is 2.44. The van der Waals surface area contributed by atoms with Crippen LogP contribution >= 0.6 is 22.6 Å². The molecule has 0 saturated carbocycles. The molecule has 0 saturated heterocycles. The lowest BCUT2D eigenvalue weighted by Gasteiger charge is -2.34. The summed E-state index contributed by atoms with van der Waals surface area (Å²) in [4.78, 5) is 39.4. The number of nitrogens with zero attached hydrogens (tertiary/aromatic N) is 2. The third-order valence-electron chi connectivity index (χ3n) is 6.69. The maximum atomic E-state index is 14.5. The minimum Gasteiger partial charge on any atom is -0.458 e. The largest absolute Gasteiger partial charge is 0.458 e. The minimum atomic E-state index is -1.87. The molecule has 2 aromatic rings. The van der Waals surface area contributed by atoms with Crippen LogP contribution in [-0.4, -0.2) is 41.8 Å². The van der Waals surface area contributed by atoms with Crippen LogP contribution in [0.15, 0.2) is 38.5 Å². The highest BCUT2D eigenvalue weighted by atomic mass is 127. The van der Waals surface area contributed by atoms with Crippen molar-refractivity contribution in [3.63, 3.8) is 0 Å². The molecule has 8 nitrogen and oxygen atoms in total. The summed E-state index contributed by atoms with van der Waals surface area (Å²) >= 11 is 2.01. The maximum absolute atomic E-state index is 14.5. The average Bonchev–Trinajstić information content (AvgIpc) is 2.85. The fraction of sp³-hybridized carbons (Fsp3) is 0.385. The number of cyclic esters (lactones) is 1. The predicted octanol–water partition coefficient (Wildman–Crippen LogP) is 3.23. The molecule has 1 aromatic carbocycles. The number of rotatable bonds is 7. The third kappa shape index (κ3) is 4.32. The lowest BCUT2D eigenvalue weighted by atomic mass is 9.87. The molecule has 4 rings (SSSR count). The van der Waals surface area contributed by atoms with Gasteiger partial charge in [0.15, 0.2) is 5.60 Å². The number of pyridine rings is 1. The molecule has 0 unspecified atom stereocenters. The number of likely N-dealkylation sites (N-methyl/N-ethyl adjacent to an activating group) is 1. The van der Waals surface area contributed by atoms with Crippen LogP contribution in [0.2, 0.25) is 0 Å². The number of fused-ring (bicyclic) bond motifs is 2. The molecule has 0 spiro atoms. The topological polar surface area (TPSA) is 98.1 Å². The zero-order valence-corrected chi connectivity index (χ0v) is 22.3. The van der Waals surface area contributed by atoms with Crippen LogP contribution in [0.5, 0.6) is 0 Å². The van der Waals surface area contributed by atoms with Gasteiger partial charge in [-0.05, 0) is 66.1 Å². The molecule has 2 aliphatic heterocycles. The summed E-state index contributed by atoms with van der Waals surface area (Å²) in [6.45, 7) is 4.29. The van der Waals surface area contributed by atoms with Gasteiger partial charge < -0.3 is 24.0 Å². The molecule has 190 valence electrons. The van der Waals surface area contributed by atoms with Crippen LogP contribution in [0.1, 0.15) is 42.5 Å². The Kier molecular flexibility index (Phi) is 7.51. The molecule has 1 atom stereocenters. The minimum absolute atomic E-state index is 0.0689. The molecule has 10 heteroatoms. The van der Waals surface area contributed by atoms with Gasteiger partial charge >= 0.3 is 5.97 Å². The van der Waals surface area contributed by atoms with Crippen molar-refractivity contribution in [2.24, 2.45) is 0 Å². The highest BCUT2D eigenvalue weighted by Gasteiger charge is 2.44. The second-order valence-electron chi connectivity index (χ2n) is 8.64. The molecular formula is C26H26FIN2O6. The zero-order valence-electron chi connectivity index (χ0n) is 20.2. The second kappa shape index (κ2) is 10.3. The summed E-state index contributed by atoms with van der Waals surface area (Å²) in [5, 5.41) is 10.8. The predicted molar refractivity (Wildman–Crippen MR) is 140 cm³/mol. The van der Waals surface area contributed by atoms with Gasteiger partial charge in [0.2, 0.25) is 0 Å². The Bertz CT molecular complexity index is 1380. The number of benzene rings is 1. The number of hydrogen-bond donors (Lipinski definition) is 1. The Morgan fingerprint density at radius 2 is 2.06 bits per heavy atom. The van der Waals surface area contributed by atoms with Crippen molar-refractivity contribution in [3.8, 4) is 0 Å². The molecular weight excluding hydrogens is 582 g/mol. The molecule has 0 bridgehead atoms. The van der Waals surface area contributed by atoms with Crippen molar-refractivity contribution in [3.05, 3.63) is 72.1 Å². The van der Waals surface area contributed by atoms with Gasteiger partial charge in [-0.15, -0.1) is 0 Å². The third-order valence-corrected chi connectivity index (χ3v) is 7.85. The molecule has 0 aliphatic carbocycles. The number of halogens is 2. The van der Waals surface area contributed by atoms with Gasteiger partial charge in [0.05, 0.1) is 39.3 Å². The number of anilines is 1. The Morgan fingerprint density at radius 3 is 2.72 bits per heavy atom. The highest BCUT2D eigenvalue weighted by molar-refractivity contribution is 14.1. The summed E-state index contributed by atoms with van der Waals surface area (Å²) in [6.07, 6.45) is 2.03. The van der Waals surface area contributed by atoms with Gasteiger partial charge in [-0.3, -0.25) is 4.79 Å². The van der Waals surface area contributed by atoms with Crippen molar-refractivity contribution in [1.82, 2.24) is 4.57 Å². The van der Waals surface area contributed by atoms with E-state index in [1.54, 1.807) is 20.0 Å². The zero-order chi connectivity index (χ0) is 26.2. The molecule has 1 aromatic heterocycles. The van der Waals surface area contributed by atoms with Gasteiger partial charge in [-0.2, -0.15) is 0 Å². The smallest absolute Gasteiger partial charge is 0.343 e. The Balaban J connectivity index is 1.79. The monoisotopic (exact) mass is 608 g/mol. The van der Waals surface area contributed by atoms with Crippen LogP contribution < -0.4 is 10.5 Å². The summed E-state index contributed by atoms with van der Waals surface area (Å²) < 4.78 is 27.0. The van der Waals surface area contributed by atoms with Gasteiger partial charge in [0.25, 0.3) is 5.56 Å². The van der Waals surface area contributed by atoms with E-state index in [4.69, 9.17) is 9.47 Å². The van der Waals surface area contributed by atoms with Crippen molar-refractivity contribution in [1.29, 1.82) is 0 Å². The Hall–Kier alpha value is -2.79. The van der Waals surface area contributed by atoms with Crippen LogP contribution in [0, 0.1) is 5.82 Å². The summed E-state index contributed by atoms with van der Waals surface area (Å²) in [6, 6.07) is 4.30. The number of allylic oxidation sites excluding steroid dienone is 3. The van der Waals surface area contributed by atoms with E-state index in [0.29, 0.717) is 45.7 Å². The van der Waals surface area contributed by atoms with Crippen molar-refractivity contribution in [2.75, 3.05) is 25.2 Å². The lowest BCUT2D eigenvalue weighted by Crippen LogP contribution is -2.44. The van der Waals surface area contributed by atoms with E-state index in [1.165, 1.54) is 22.9 Å². The molecule has 0 radical (unpaired) electrons. The maximum Gasteiger partial charge on any atom is 0.343 e. The fourth-order valence-corrected chi connectivity index (χ4v) is 5.65. The van der Waals surface area contributed by atoms with Crippen LogP contribution in [-0.2, 0) is 44.2 Å². The number of hydrogen-bond acceptors (Lipinski definition) is 7. The van der Waals surface area contributed by atoms with E-state index in [0.717, 1.165) is 0 Å². The van der Waals surface area contributed by atoms with E-state index in [9.17, 15) is 23.9 Å². The number of aromatic nitrogens is 1. The van der Waals surface area contributed by atoms with E-state index in [1.807, 2.05) is 40.4 Å². The van der Waals surface area contributed by atoms with E-state index in [2.05, 4.69) is 0 Å². The molecule has 1 N–H and O–H groups in total. The molecule has 36 heavy (non-hydrogen) atoms. The number of carbonyl (C=O) groups excluding carboxylic acids is 2. The molecule has 0 amide bonds. The SMILES string of the molecule is CCOCCc1cc(F)cc2c1N(C)C(Cn1ccc3c(c1=O)COC(=O)[C@]3(O)CC)=C(I)C2=C=O. The van der Waals surface area contributed by atoms with Gasteiger partial charge in [0.1, 0.15) is 18.4 Å². The second-order valence-corrected chi connectivity index (χ2v) is 9.71. The fourth-order valence-electron chi connectivity index (χ4n) is 4.72. The van der Waals surface area contributed by atoms with Crippen molar-refractivity contribution >= 4 is 45.8 Å². The number of carbonyl (C=O) groups is 1. The lowest BCUT2D eigenvalue weighted by molar-refractivity contribution is -0.172. The van der Waals surface area contributed by atoms with Gasteiger partial charge in [-0.1, -0.05) is 6.92 Å². The van der Waals surface area contributed by atoms with Crippen molar-refractivity contribution < 1.29 is 28.6 Å². The van der Waals surface area contributed by atoms with Gasteiger partial charge in [0, 0.05) is 31.0 Å². The number of aliphatic hydroxyl groups is 1. The van der Waals surface area contributed by atoms with Gasteiger partial charge in [-0.25, -0.2) is 14.0 Å². The van der Waals surface area contributed by atoms with Crippen LogP contribution in [0.3, 0.4) is 0 Å². The van der Waals surface area contributed by atoms with E-state index < -0.39 is 22.9 Å². The first-order valence-electron chi connectivity index (χ1n) is 11.6. The first-order chi connectivity index (χ1) is 17.2. The van der Waals surface area contributed by atoms with E-state index >= 15 is 0 Å². The van der Waals surface area contributed by atoms with Crippen molar-refractivity contribution in [2.45, 2.75) is 45.4 Å².